The molecule has 1 fully saturated rings. The molecule has 0 saturated carbocycles. The van der Waals surface area contributed by atoms with Gasteiger partial charge in [0, 0.05) is 25.7 Å². The van der Waals surface area contributed by atoms with Crippen LogP contribution in [0.5, 0.6) is 0 Å². The molecule has 2 N–H and O–H groups in total. The fraction of sp³-hybridized carbons (Fsp3) is 0.909. The molecule has 100 valence electrons. The van der Waals surface area contributed by atoms with Crippen molar-refractivity contribution < 1.29 is 24.5 Å². The van der Waals surface area contributed by atoms with Crippen molar-refractivity contribution in [3.63, 3.8) is 0 Å². The summed E-state index contributed by atoms with van der Waals surface area (Å²) < 4.78 is 10.4. The highest BCUT2D eigenvalue weighted by Crippen LogP contribution is 2.11. The second kappa shape index (κ2) is 7.60. The molecule has 17 heavy (non-hydrogen) atoms. The van der Waals surface area contributed by atoms with Crippen LogP contribution in [0.3, 0.4) is 0 Å². The molecule has 1 heterocycles. The Balaban J connectivity index is 2.38. The van der Waals surface area contributed by atoms with E-state index in [4.69, 9.17) is 14.6 Å². The Labute approximate surface area is 101 Å². The van der Waals surface area contributed by atoms with Gasteiger partial charge in [0.05, 0.1) is 32.3 Å². The summed E-state index contributed by atoms with van der Waals surface area (Å²) in [5, 5.41) is 18.5. The molecule has 1 rings (SSSR count). The first-order chi connectivity index (χ1) is 8.13. The van der Waals surface area contributed by atoms with Crippen molar-refractivity contribution in [3.8, 4) is 0 Å². The van der Waals surface area contributed by atoms with Crippen molar-refractivity contribution in [2.24, 2.45) is 0 Å². The van der Waals surface area contributed by atoms with Crippen LogP contribution in [-0.2, 0) is 14.3 Å². The molecule has 1 aliphatic rings. The number of aliphatic hydroxyl groups excluding tert-OH is 1. The normalized spacial score (nSPS) is 23.5. The summed E-state index contributed by atoms with van der Waals surface area (Å²) in [4.78, 5) is 12.7. The standard InChI is InChI=1S/C11H21NO5/c1-2-16-8-10(13)6-12-3-4-17-7-9(12)5-11(14)15/h9-10,13H,2-8H2,1H3,(H,14,15). The van der Waals surface area contributed by atoms with Crippen molar-refractivity contribution in [1.29, 1.82) is 0 Å². The zero-order valence-electron chi connectivity index (χ0n) is 10.2. The second-order valence-corrected chi connectivity index (χ2v) is 4.13. The quantitative estimate of drug-likeness (QED) is 0.635. The van der Waals surface area contributed by atoms with Crippen LogP contribution < -0.4 is 0 Å². The van der Waals surface area contributed by atoms with E-state index in [0.29, 0.717) is 32.9 Å². The minimum Gasteiger partial charge on any atom is -0.481 e. The van der Waals surface area contributed by atoms with Crippen LogP contribution in [0.15, 0.2) is 0 Å². The number of aliphatic carboxylic acids is 1. The van der Waals surface area contributed by atoms with Gasteiger partial charge < -0.3 is 19.7 Å². The number of carboxylic acid groups (broad SMARTS) is 1. The van der Waals surface area contributed by atoms with E-state index >= 15 is 0 Å². The molecule has 0 aromatic rings. The molecule has 2 atom stereocenters. The third-order valence-corrected chi connectivity index (χ3v) is 2.72. The van der Waals surface area contributed by atoms with Gasteiger partial charge in [-0.1, -0.05) is 0 Å². The van der Waals surface area contributed by atoms with Gasteiger partial charge in [0.2, 0.25) is 0 Å². The van der Waals surface area contributed by atoms with Crippen LogP contribution in [0, 0.1) is 0 Å². The van der Waals surface area contributed by atoms with Gasteiger partial charge in [-0.15, -0.1) is 0 Å². The van der Waals surface area contributed by atoms with E-state index in [-0.39, 0.29) is 19.1 Å². The third kappa shape index (κ3) is 5.45. The van der Waals surface area contributed by atoms with Crippen LogP contribution in [-0.4, -0.2) is 72.7 Å². The predicted molar refractivity (Wildman–Crippen MR) is 60.9 cm³/mol. The highest BCUT2D eigenvalue weighted by Gasteiger charge is 2.26. The monoisotopic (exact) mass is 247 g/mol. The van der Waals surface area contributed by atoms with Crippen molar-refractivity contribution >= 4 is 5.97 Å². The zero-order valence-corrected chi connectivity index (χ0v) is 10.2. The van der Waals surface area contributed by atoms with Gasteiger partial charge in [0.25, 0.3) is 0 Å². The number of aliphatic hydroxyl groups is 1. The number of ether oxygens (including phenoxy) is 2. The smallest absolute Gasteiger partial charge is 0.305 e. The number of rotatable bonds is 7. The third-order valence-electron chi connectivity index (χ3n) is 2.72. The summed E-state index contributed by atoms with van der Waals surface area (Å²) >= 11 is 0. The van der Waals surface area contributed by atoms with Gasteiger partial charge in [-0.25, -0.2) is 0 Å². The average molecular weight is 247 g/mol. The van der Waals surface area contributed by atoms with Crippen LogP contribution in [0.25, 0.3) is 0 Å². The number of β-amino-alcohol motifs (C(OH)–C–C–N with tert-alkyl or cyclic N) is 1. The molecular formula is C11H21NO5. The first-order valence-electron chi connectivity index (χ1n) is 5.92. The van der Waals surface area contributed by atoms with Crippen molar-refractivity contribution in [2.45, 2.75) is 25.5 Å². The molecule has 1 saturated heterocycles. The Morgan fingerprint density at radius 1 is 1.65 bits per heavy atom. The Morgan fingerprint density at radius 2 is 2.41 bits per heavy atom. The lowest BCUT2D eigenvalue weighted by Crippen LogP contribution is -2.49. The highest BCUT2D eigenvalue weighted by molar-refractivity contribution is 5.67. The Morgan fingerprint density at radius 3 is 3.06 bits per heavy atom. The molecule has 1 aliphatic heterocycles. The summed E-state index contributed by atoms with van der Waals surface area (Å²) in [7, 11) is 0. The van der Waals surface area contributed by atoms with E-state index < -0.39 is 12.1 Å². The Hall–Kier alpha value is -0.690. The maximum absolute atomic E-state index is 10.7. The number of morpholine rings is 1. The molecule has 6 nitrogen and oxygen atoms in total. The number of carbonyl (C=O) groups is 1. The first-order valence-corrected chi connectivity index (χ1v) is 5.92. The van der Waals surface area contributed by atoms with Gasteiger partial charge >= 0.3 is 5.97 Å². The minimum absolute atomic E-state index is 0.0430. The van der Waals surface area contributed by atoms with E-state index in [0.717, 1.165) is 0 Å². The topological polar surface area (TPSA) is 79.2 Å². The fourth-order valence-corrected chi connectivity index (χ4v) is 1.90. The van der Waals surface area contributed by atoms with Crippen LogP contribution >= 0.6 is 0 Å². The van der Waals surface area contributed by atoms with E-state index in [1.165, 1.54) is 0 Å². The lowest BCUT2D eigenvalue weighted by Gasteiger charge is -2.35. The fourth-order valence-electron chi connectivity index (χ4n) is 1.90. The number of hydrogen-bond acceptors (Lipinski definition) is 5. The van der Waals surface area contributed by atoms with Crippen LogP contribution in [0.1, 0.15) is 13.3 Å². The second-order valence-electron chi connectivity index (χ2n) is 4.13. The molecule has 0 aliphatic carbocycles. The number of hydrogen-bond donors (Lipinski definition) is 2. The summed E-state index contributed by atoms with van der Waals surface area (Å²) in [5.74, 6) is -0.843. The first kappa shape index (κ1) is 14.4. The summed E-state index contributed by atoms with van der Waals surface area (Å²) in [5.41, 5.74) is 0. The lowest BCUT2D eigenvalue weighted by atomic mass is 10.1. The van der Waals surface area contributed by atoms with Crippen molar-refractivity contribution in [2.75, 3.05) is 39.5 Å². The summed E-state index contributed by atoms with van der Waals surface area (Å²) in [6.07, 6.45) is -0.536. The van der Waals surface area contributed by atoms with Gasteiger partial charge in [-0.05, 0) is 6.92 Å². The van der Waals surface area contributed by atoms with E-state index in [9.17, 15) is 9.90 Å². The Kier molecular flexibility index (Phi) is 6.43. The van der Waals surface area contributed by atoms with Gasteiger partial charge in [0.1, 0.15) is 0 Å². The van der Waals surface area contributed by atoms with E-state index in [1.807, 2.05) is 11.8 Å². The molecule has 2 unspecified atom stereocenters. The number of carboxylic acids is 1. The highest BCUT2D eigenvalue weighted by atomic mass is 16.5. The van der Waals surface area contributed by atoms with Crippen LogP contribution in [0.2, 0.25) is 0 Å². The summed E-state index contributed by atoms with van der Waals surface area (Å²) in [6, 6.07) is -0.155. The van der Waals surface area contributed by atoms with Crippen LogP contribution in [0.4, 0.5) is 0 Å². The predicted octanol–water partition coefficient (Wildman–Crippen LogP) is -0.441. The molecule has 0 aromatic carbocycles. The average Bonchev–Trinajstić information content (AvgIpc) is 2.28. The molecule has 0 bridgehead atoms. The maximum Gasteiger partial charge on any atom is 0.305 e. The molecule has 0 amide bonds. The molecular weight excluding hydrogens is 226 g/mol. The van der Waals surface area contributed by atoms with Gasteiger partial charge in [0.15, 0.2) is 0 Å². The molecule has 0 radical (unpaired) electrons. The van der Waals surface area contributed by atoms with Gasteiger partial charge in [-0.2, -0.15) is 0 Å². The van der Waals surface area contributed by atoms with E-state index in [1.54, 1.807) is 0 Å². The van der Waals surface area contributed by atoms with Crippen molar-refractivity contribution in [1.82, 2.24) is 4.90 Å². The molecule has 0 spiro atoms. The zero-order chi connectivity index (χ0) is 12.7. The summed E-state index contributed by atoms with van der Waals surface area (Å²) in [6.45, 7) is 4.80. The SMILES string of the molecule is CCOCC(O)CN1CCOCC1CC(=O)O. The van der Waals surface area contributed by atoms with Crippen molar-refractivity contribution in [3.05, 3.63) is 0 Å². The molecule has 0 aromatic heterocycles. The lowest BCUT2D eigenvalue weighted by molar-refractivity contribution is -0.140. The van der Waals surface area contributed by atoms with E-state index in [2.05, 4.69) is 0 Å². The number of nitrogens with zero attached hydrogens (tertiary/aromatic N) is 1. The van der Waals surface area contributed by atoms with Gasteiger partial charge in [-0.3, -0.25) is 9.69 Å². The largest absolute Gasteiger partial charge is 0.481 e. The minimum atomic E-state index is -0.843. The molecule has 6 heteroatoms. The maximum atomic E-state index is 10.7. The Bertz CT molecular complexity index is 236.